The molecular formula is C26H23N2NaO9S2. The summed E-state index contributed by atoms with van der Waals surface area (Å²) in [7, 11) is -8.93. The number of nitrogens with zero attached hydrogens (tertiary/aromatic N) is 2. The Labute approximate surface area is 252 Å². The summed E-state index contributed by atoms with van der Waals surface area (Å²) in [4.78, 5) is 26.1. The molecule has 6 rings (SSSR count). The van der Waals surface area contributed by atoms with Crippen LogP contribution in [0.4, 0.5) is 0 Å². The number of amides is 2. The van der Waals surface area contributed by atoms with Gasteiger partial charge in [-0.1, -0.05) is 60.7 Å². The van der Waals surface area contributed by atoms with Crippen molar-refractivity contribution in [3.05, 3.63) is 90.0 Å². The van der Waals surface area contributed by atoms with Gasteiger partial charge >= 0.3 is 45.6 Å². The number of benzene rings is 3. The van der Waals surface area contributed by atoms with Gasteiger partial charge in [0.1, 0.15) is 11.8 Å². The van der Waals surface area contributed by atoms with Gasteiger partial charge in [-0.15, -0.1) is 0 Å². The van der Waals surface area contributed by atoms with Gasteiger partial charge in [-0.05, 0) is 18.6 Å². The zero-order valence-corrected chi connectivity index (χ0v) is 21.8. The van der Waals surface area contributed by atoms with Gasteiger partial charge in [0, 0.05) is 23.7 Å². The number of carbonyl (C=O) groups excluding carboxylic acids is 2. The van der Waals surface area contributed by atoms with Crippen LogP contribution in [0.5, 0.6) is 11.5 Å². The first-order valence-electron chi connectivity index (χ1n) is 12.0. The molecule has 204 valence electrons. The van der Waals surface area contributed by atoms with Gasteiger partial charge < -0.3 is 14.4 Å². The zero-order valence-electron chi connectivity index (χ0n) is 20.2. The average molecular weight is 595 g/mol. The van der Waals surface area contributed by atoms with Gasteiger partial charge in [-0.2, -0.15) is 8.42 Å². The molecule has 0 spiro atoms. The van der Waals surface area contributed by atoms with E-state index in [0.717, 1.165) is 4.90 Å². The van der Waals surface area contributed by atoms with Crippen LogP contribution in [0.25, 0.3) is 0 Å². The van der Waals surface area contributed by atoms with Crippen LogP contribution in [0.15, 0.2) is 83.8 Å². The number of β-lactam (4-membered cyclic amide) rings is 1. The summed E-state index contributed by atoms with van der Waals surface area (Å²) in [5.74, 6) is -3.59. The number of carbonyl (C=O) groups is 2. The molecule has 2 amide bonds. The van der Waals surface area contributed by atoms with E-state index in [1.165, 1.54) is 18.2 Å². The number of likely N-dealkylation sites (tertiary alicyclic amines) is 1. The predicted octanol–water partition coefficient (Wildman–Crippen LogP) is 1.10. The molecule has 0 unspecified atom stereocenters. The minimum atomic E-state index is -4.75. The molecule has 3 aliphatic heterocycles. The van der Waals surface area contributed by atoms with Gasteiger partial charge in [-0.3, -0.25) is 14.1 Å². The van der Waals surface area contributed by atoms with Crippen LogP contribution in [-0.4, -0.2) is 96.3 Å². The van der Waals surface area contributed by atoms with Crippen molar-refractivity contribution in [3.63, 3.8) is 0 Å². The first-order chi connectivity index (χ1) is 18.5. The molecule has 0 aromatic heterocycles. The van der Waals surface area contributed by atoms with Crippen LogP contribution in [0.1, 0.15) is 17.5 Å². The van der Waals surface area contributed by atoms with Crippen molar-refractivity contribution < 1.29 is 40.5 Å². The zero-order chi connectivity index (χ0) is 27.6. The molecular weight excluding hydrogens is 571 g/mol. The fraction of sp³-hybridized carbons (Fsp3) is 0.231. The fourth-order valence-electron chi connectivity index (χ4n) is 5.32. The molecule has 1 N–H and O–H groups in total. The summed E-state index contributed by atoms with van der Waals surface area (Å²) in [6.45, 7) is -0.0146. The summed E-state index contributed by atoms with van der Waals surface area (Å²) < 4.78 is 71.4. The van der Waals surface area contributed by atoms with Gasteiger partial charge in [0.15, 0.2) is 21.3 Å². The molecule has 0 saturated carbocycles. The molecule has 0 aliphatic carbocycles. The van der Waals surface area contributed by atoms with E-state index in [1.807, 2.05) is 60.7 Å². The molecule has 3 aromatic rings. The minimum absolute atomic E-state index is 0. The van der Waals surface area contributed by atoms with Crippen LogP contribution in [0, 0.1) is 0 Å². The fourth-order valence-corrected chi connectivity index (χ4v) is 7.44. The summed E-state index contributed by atoms with van der Waals surface area (Å²) in [5.41, 5.74) is 1.39. The van der Waals surface area contributed by atoms with E-state index < -0.39 is 55.6 Å². The number of sulfone groups is 1. The van der Waals surface area contributed by atoms with Crippen LogP contribution in [0.3, 0.4) is 0 Å². The monoisotopic (exact) mass is 594 g/mol. The third-order valence-electron chi connectivity index (χ3n) is 7.11. The van der Waals surface area contributed by atoms with E-state index in [4.69, 9.17) is 9.47 Å². The molecule has 11 nitrogen and oxygen atoms in total. The second-order valence-corrected chi connectivity index (χ2v) is 12.7. The predicted molar refractivity (Wildman–Crippen MR) is 143 cm³/mol. The molecule has 0 bridgehead atoms. The molecule has 2 atom stereocenters. The number of ether oxygens (including phenoxy) is 2. The van der Waals surface area contributed by atoms with Crippen molar-refractivity contribution in [1.29, 1.82) is 0 Å². The standard InChI is InChI=1S/C26H22N2O9S2.Na.H/c29-23(27-14-13-20-24(27)25(30)28(20)39(33,34)35)16-38(31,32)19-11-12-21-22(15-19)37-26(36-21,17-7-3-1-4-8-17)18-9-5-2-6-10-18;;/h1-12,15,20,24H,13-14,16H2,(H,33,34,35);;/t20-,24+;;/m1../s1. The van der Waals surface area contributed by atoms with E-state index in [-0.39, 0.29) is 53.2 Å². The second-order valence-electron chi connectivity index (χ2n) is 9.42. The number of fused-ring (bicyclic) bond motifs is 2. The van der Waals surface area contributed by atoms with Crippen LogP contribution in [-0.2, 0) is 35.5 Å². The molecule has 3 heterocycles. The Morgan fingerprint density at radius 1 is 0.900 bits per heavy atom. The first kappa shape index (κ1) is 28.6. The van der Waals surface area contributed by atoms with Crippen molar-refractivity contribution in [2.75, 3.05) is 12.3 Å². The van der Waals surface area contributed by atoms with E-state index in [2.05, 4.69) is 0 Å². The van der Waals surface area contributed by atoms with Crippen molar-refractivity contribution in [3.8, 4) is 11.5 Å². The summed E-state index contributed by atoms with van der Waals surface area (Å²) in [6, 6.07) is 20.4. The average Bonchev–Trinajstić information content (AvgIpc) is 3.48. The quantitative estimate of drug-likeness (QED) is 0.252. The SMILES string of the molecule is O=C(CS(=O)(=O)c1ccc2c(c1)OC(c1ccccc1)(c1ccccc1)O2)N1CC[C@@H]2[C@H]1C(=O)N2S(=O)(=O)O.[NaH]. The van der Waals surface area contributed by atoms with Crippen LogP contribution in [0.2, 0.25) is 0 Å². The van der Waals surface area contributed by atoms with E-state index in [9.17, 15) is 31.0 Å². The van der Waals surface area contributed by atoms with Crippen molar-refractivity contribution >= 4 is 61.5 Å². The molecule has 2 saturated heterocycles. The van der Waals surface area contributed by atoms with Crippen molar-refractivity contribution in [1.82, 2.24) is 9.21 Å². The number of hydrogen-bond donors (Lipinski definition) is 1. The summed E-state index contributed by atoms with van der Waals surface area (Å²) >= 11 is 0. The summed E-state index contributed by atoms with van der Waals surface area (Å²) in [5, 5.41) is 0. The van der Waals surface area contributed by atoms with Crippen molar-refractivity contribution in [2.24, 2.45) is 0 Å². The van der Waals surface area contributed by atoms with E-state index in [0.29, 0.717) is 21.2 Å². The molecule has 3 aliphatic rings. The Balaban J connectivity index is 0.00000323. The van der Waals surface area contributed by atoms with Crippen LogP contribution >= 0.6 is 0 Å². The Morgan fingerprint density at radius 3 is 2.05 bits per heavy atom. The molecule has 0 radical (unpaired) electrons. The van der Waals surface area contributed by atoms with Crippen LogP contribution < -0.4 is 9.47 Å². The Morgan fingerprint density at radius 2 is 1.48 bits per heavy atom. The van der Waals surface area contributed by atoms with E-state index in [1.54, 1.807) is 0 Å². The second kappa shape index (κ2) is 10.2. The number of rotatable bonds is 6. The Bertz CT molecular complexity index is 1660. The topological polar surface area (TPSA) is 148 Å². The molecule has 3 aromatic carbocycles. The summed E-state index contributed by atoms with van der Waals surface area (Å²) in [6.07, 6.45) is 0.104. The Hall–Kier alpha value is -2.94. The molecule has 14 heteroatoms. The third kappa shape index (κ3) is 4.60. The maximum absolute atomic E-state index is 13.2. The first-order valence-corrected chi connectivity index (χ1v) is 15.0. The van der Waals surface area contributed by atoms with Gasteiger partial charge in [0.2, 0.25) is 5.91 Å². The van der Waals surface area contributed by atoms with E-state index >= 15 is 0 Å². The molecule has 2 fully saturated rings. The Kier molecular flexibility index (Phi) is 7.26. The van der Waals surface area contributed by atoms with Gasteiger partial charge in [-0.25, -0.2) is 12.7 Å². The third-order valence-corrected chi connectivity index (χ3v) is 9.66. The van der Waals surface area contributed by atoms with Gasteiger partial charge in [0.25, 0.3) is 5.91 Å². The normalized spacial score (nSPS) is 20.9. The molecule has 40 heavy (non-hydrogen) atoms. The van der Waals surface area contributed by atoms with Crippen molar-refractivity contribution in [2.45, 2.75) is 29.2 Å². The van der Waals surface area contributed by atoms with Gasteiger partial charge in [0.05, 0.1) is 10.9 Å². The maximum atomic E-state index is 13.2. The number of hydrogen-bond acceptors (Lipinski definition) is 8.